The quantitative estimate of drug-likeness (QED) is 0.490. The van der Waals surface area contributed by atoms with Gasteiger partial charge < -0.3 is 10.5 Å². The number of likely N-dealkylation sites (tertiary alicyclic amines) is 1. The van der Waals surface area contributed by atoms with E-state index in [1.165, 1.54) is 0 Å². The summed E-state index contributed by atoms with van der Waals surface area (Å²) in [5.41, 5.74) is 9.26. The maximum atomic E-state index is 11.4. The van der Waals surface area contributed by atoms with Crippen molar-refractivity contribution in [2.45, 2.75) is 6.54 Å². The molecule has 4 aromatic rings. The molecule has 1 saturated heterocycles. The van der Waals surface area contributed by atoms with Gasteiger partial charge in [0, 0.05) is 55.0 Å². The van der Waals surface area contributed by atoms with Gasteiger partial charge in [-0.3, -0.25) is 19.8 Å². The van der Waals surface area contributed by atoms with Crippen LogP contribution in [0.1, 0.15) is 5.69 Å². The number of benzene rings is 1. The Bertz CT molecular complexity index is 1280. The molecule has 0 bridgehead atoms. The third-order valence-electron chi connectivity index (χ3n) is 6.47. The molecule has 8 heteroatoms. The number of nitrogens with one attached hydrogen (secondary N) is 1. The Balaban J connectivity index is 1.12. The summed E-state index contributed by atoms with van der Waals surface area (Å²) >= 11 is 0. The van der Waals surface area contributed by atoms with Gasteiger partial charge in [0.25, 0.3) is 0 Å². The lowest BCUT2D eigenvalue weighted by Crippen LogP contribution is -2.28. The van der Waals surface area contributed by atoms with Crippen LogP contribution < -0.4 is 10.5 Å². The molecule has 0 spiro atoms. The van der Waals surface area contributed by atoms with Gasteiger partial charge in [-0.05, 0) is 48.2 Å². The third kappa shape index (κ3) is 3.48. The number of fused-ring (bicyclic) bond motifs is 2. The molecule has 0 radical (unpaired) electrons. The maximum Gasteiger partial charge on any atom is 0.221 e. The number of carbonyl (C=O) groups excluding carboxylic acids is 1. The molecule has 4 heterocycles. The summed E-state index contributed by atoms with van der Waals surface area (Å²) in [5, 5.41) is 7.89. The summed E-state index contributed by atoms with van der Waals surface area (Å²) in [4.78, 5) is 22.9. The number of hydrogen-bond acceptors (Lipinski definition) is 6. The largest absolute Gasteiger partial charge is 0.439 e. The topological polar surface area (TPSA) is 110 Å². The second-order valence-corrected chi connectivity index (χ2v) is 8.56. The number of H-pyrrole nitrogens is 1. The van der Waals surface area contributed by atoms with E-state index in [0.29, 0.717) is 23.5 Å². The molecule has 160 valence electrons. The van der Waals surface area contributed by atoms with Gasteiger partial charge in [-0.15, -0.1) is 0 Å². The van der Waals surface area contributed by atoms with Gasteiger partial charge in [0.05, 0.1) is 16.9 Å². The first-order valence-corrected chi connectivity index (χ1v) is 10.7. The molecule has 1 saturated carbocycles. The van der Waals surface area contributed by atoms with E-state index in [-0.39, 0.29) is 11.8 Å². The summed E-state index contributed by atoms with van der Waals surface area (Å²) in [7, 11) is 0. The summed E-state index contributed by atoms with van der Waals surface area (Å²) in [6, 6.07) is 15.7. The zero-order valence-electron chi connectivity index (χ0n) is 17.3. The first-order valence-electron chi connectivity index (χ1n) is 10.7. The van der Waals surface area contributed by atoms with Crippen molar-refractivity contribution in [3.05, 3.63) is 66.6 Å². The molecule has 3 aromatic heterocycles. The van der Waals surface area contributed by atoms with E-state index in [9.17, 15) is 4.79 Å². The van der Waals surface area contributed by atoms with Crippen molar-refractivity contribution < 1.29 is 9.53 Å². The average molecular weight is 426 g/mol. The number of primary amides is 1. The number of piperidine rings is 1. The highest BCUT2D eigenvalue weighted by molar-refractivity contribution is 5.81. The van der Waals surface area contributed by atoms with Crippen LogP contribution in [0.4, 0.5) is 0 Å². The molecule has 2 fully saturated rings. The molecular weight excluding hydrogens is 404 g/mol. The molecule has 1 aromatic carbocycles. The van der Waals surface area contributed by atoms with E-state index >= 15 is 0 Å². The van der Waals surface area contributed by atoms with E-state index in [4.69, 9.17) is 15.5 Å². The Kier molecular flexibility index (Phi) is 4.39. The molecule has 8 nitrogen and oxygen atoms in total. The second kappa shape index (κ2) is 7.42. The molecule has 3 N–H and O–H groups in total. The van der Waals surface area contributed by atoms with E-state index in [0.717, 1.165) is 47.5 Å². The van der Waals surface area contributed by atoms with Crippen molar-refractivity contribution in [2.24, 2.45) is 23.5 Å². The van der Waals surface area contributed by atoms with Crippen LogP contribution in [0, 0.1) is 17.8 Å². The highest BCUT2D eigenvalue weighted by Crippen LogP contribution is 2.51. The zero-order valence-corrected chi connectivity index (χ0v) is 17.3. The fraction of sp³-hybridized carbons (Fsp3) is 0.250. The Morgan fingerprint density at radius 3 is 2.72 bits per heavy atom. The van der Waals surface area contributed by atoms with Crippen LogP contribution in [0.5, 0.6) is 11.6 Å². The van der Waals surface area contributed by atoms with Gasteiger partial charge in [-0.25, -0.2) is 4.98 Å². The Morgan fingerprint density at radius 2 is 2.00 bits per heavy atom. The van der Waals surface area contributed by atoms with Gasteiger partial charge in [0.15, 0.2) is 0 Å². The van der Waals surface area contributed by atoms with Crippen molar-refractivity contribution in [3.8, 4) is 22.9 Å². The fourth-order valence-electron chi connectivity index (χ4n) is 4.83. The SMILES string of the molecule is NC(=O)C1[C@H]2CN(Cc3ccc4cc(Oc5ccc(-c6ccn[nH]6)cn5)ccc4n3)C[C@@H]12. The van der Waals surface area contributed by atoms with Crippen LogP contribution in [0.3, 0.4) is 0 Å². The van der Waals surface area contributed by atoms with E-state index in [1.54, 1.807) is 12.4 Å². The van der Waals surface area contributed by atoms with Gasteiger partial charge in [0.2, 0.25) is 11.8 Å². The highest BCUT2D eigenvalue weighted by Gasteiger charge is 2.58. The van der Waals surface area contributed by atoms with Crippen molar-refractivity contribution in [1.82, 2.24) is 25.1 Å². The lowest BCUT2D eigenvalue weighted by molar-refractivity contribution is -0.120. The van der Waals surface area contributed by atoms with E-state index in [1.807, 2.05) is 36.4 Å². The van der Waals surface area contributed by atoms with E-state index in [2.05, 4.69) is 32.2 Å². The Labute approximate surface area is 184 Å². The normalized spacial score (nSPS) is 22.1. The van der Waals surface area contributed by atoms with Gasteiger partial charge in [-0.2, -0.15) is 5.10 Å². The molecule has 3 atom stereocenters. The molecule has 32 heavy (non-hydrogen) atoms. The second-order valence-electron chi connectivity index (χ2n) is 8.56. The number of amides is 1. The Morgan fingerprint density at radius 1 is 1.12 bits per heavy atom. The first kappa shape index (κ1) is 18.9. The smallest absolute Gasteiger partial charge is 0.221 e. The van der Waals surface area contributed by atoms with Crippen molar-refractivity contribution >= 4 is 16.8 Å². The number of aromatic nitrogens is 4. The molecule has 1 aliphatic heterocycles. The van der Waals surface area contributed by atoms with Crippen molar-refractivity contribution in [3.63, 3.8) is 0 Å². The Hall–Kier alpha value is -3.78. The molecule has 1 aliphatic carbocycles. The van der Waals surface area contributed by atoms with Gasteiger partial charge in [0.1, 0.15) is 5.75 Å². The molecular formula is C24H22N6O2. The third-order valence-corrected chi connectivity index (χ3v) is 6.47. The maximum absolute atomic E-state index is 11.4. The molecule has 1 unspecified atom stereocenters. The van der Waals surface area contributed by atoms with Crippen LogP contribution in [-0.2, 0) is 11.3 Å². The number of nitrogens with two attached hydrogens (primary N) is 1. The van der Waals surface area contributed by atoms with Crippen LogP contribution in [0.2, 0.25) is 0 Å². The number of carbonyl (C=O) groups is 1. The van der Waals surface area contributed by atoms with Crippen LogP contribution in [0.15, 0.2) is 60.9 Å². The molecule has 1 amide bonds. The number of ether oxygens (including phenoxy) is 1. The van der Waals surface area contributed by atoms with Crippen molar-refractivity contribution in [2.75, 3.05) is 13.1 Å². The average Bonchev–Trinajstić information content (AvgIpc) is 3.13. The number of nitrogens with zero attached hydrogens (tertiary/aromatic N) is 4. The summed E-state index contributed by atoms with van der Waals surface area (Å²) in [6.07, 6.45) is 3.47. The van der Waals surface area contributed by atoms with Crippen LogP contribution >= 0.6 is 0 Å². The van der Waals surface area contributed by atoms with Gasteiger partial charge in [-0.1, -0.05) is 6.07 Å². The highest BCUT2D eigenvalue weighted by atomic mass is 16.5. The lowest BCUT2D eigenvalue weighted by atomic mass is 10.2. The molecule has 2 aliphatic rings. The van der Waals surface area contributed by atoms with E-state index < -0.39 is 0 Å². The zero-order chi connectivity index (χ0) is 21.7. The van der Waals surface area contributed by atoms with Crippen LogP contribution in [0.25, 0.3) is 22.2 Å². The minimum atomic E-state index is -0.148. The lowest BCUT2D eigenvalue weighted by Gasteiger charge is -2.18. The number of hydrogen-bond donors (Lipinski definition) is 2. The minimum Gasteiger partial charge on any atom is -0.439 e. The summed E-state index contributed by atoms with van der Waals surface area (Å²) in [5.74, 6) is 2.06. The minimum absolute atomic E-state index is 0.0883. The molecule has 6 rings (SSSR count). The predicted octanol–water partition coefficient (Wildman–Crippen LogP) is 2.98. The standard InChI is InChI=1S/C24H22N6O2/c25-24(31)23-18-12-30(13-19(18)23)11-16-3-1-14-9-17(4-5-20(14)28-16)32-22-6-2-15(10-26-22)21-7-8-27-29-21/h1-10,18-19,23H,11-13H2,(H2,25,31)(H,27,29)/t18-,19+,23?. The predicted molar refractivity (Wildman–Crippen MR) is 119 cm³/mol. The fourth-order valence-corrected chi connectivity index (χ4v) is 4.83. The first-order chi connectivity index (χ1) is 15.6. The number of rotatable bonds is 6. The summed E-state index contributed by atoms with van der Waals surface area (Å²) in [6.45, 7) is 2.65. The number of aromatic amines is 1. The monoisotopic (exact) mass is 426 g/mol. The number of pyridine rings is 2. The summed E-state index contributed by atoms with van der Waals surface area (Å²) < 4.78 is 5.93. The van der Waals surface area contributed by atoms with Crippen molar-refractivity contribution in [1.29, 1.82) is 0 Å². The van der Waals surface area contributed by atoms with Crippen LogP contribution in [-0.4, -0.2) is 44.1 Å². The van der Waals surface area contributed by atoms with Gasteiger partial charge >= 0.3 is 0 Å².